The van der Waals surface area contributed by atoms with Gasteiger partial charge < -0.3 is 20.1 Å². The van der Waals surface area contributed by atoms with E-state index in [2.05, 4.69) is 37.4 Å². The number of nitrogens with one attached hydrogen (secondary N) is 2. The van der Waals surface area contributed by atoms with Crippen molar-refractivity contribution in [3.8, 4) is 5.75 Å². The molecule has 0 amide bonds. The third kappa shape index (κ3) is 10.1. The third-order valence-corrected chi connectivity index (χ3v) is 5.60. The number of guanidine groups is 1. The Labute approximate surface area is 204 Å². The normalized spacial score (nSPS) is 15.5. The molecule has 0 spiro atoms. The zero-order chi connectivity index (χ0) is 21.6. The van der Waals surface area contributed by atoms with Crippen molar-refractivity contribution in [1.82, 2.24) is 15.5 Å². The molecule has 1 fully saturated rings. The van der Waals surface area contributed by atoms with E-state index < -0.39 is 0 Å². The number of unbranched alkanes of at least 4 members (excludes halogenated alkanes) is 2. The largest absolute Gasteiger partial charge is 0.497 e. The number of methoxy groups -OCH3 is 2. The Balaban J connectivity index is 0.00000480. The molecule has 1 unspecified atom stereocenters. The van der Waals surface area contributed by atoms with Gasteiger partial charge in [0.1, 0.15) is 5.75 Å². The second kappa shape index (κ2) is 16.1. The number of benzene rings is 1. The van der Waals surface area contributed by atoms with Crippen molar-refractivity contribution in [1.29, 1.82) is 0 Å². The van der Waals surface area contributed by atoms with Crippen molar-refractivity contribution in [3.63, 3.8) is 0 Å². The fourth-order valence-corrected chi connectivity index (χ4v) is 3.81. The fraction of sp³-hybridized carbons (Fsp3) is 0.652. The molecule has 1 heterocycles. The molecule has 0 aromatic heterocycles. The second-order valence-corrected chi connectivity index (χ2v) is 7.65. The molecule has 176 valence electrons. The molecule has 8 heteroatoms. The average molecular weight is 546 g/mol. The van der Waals surface area contributed by atoms with E-state index in [-0.39, 0.29) is 29.9 Å². The molecule has 1 aromatic carbocycles. The molecule has 2 N–H and O–H groups in total. The van der Waals surface area contributed by atoms with Crippen molar-refractivity contribution in [2.24, 2.45) is 4.99 Å². The Bertz CT molecular complexity index is 649. The van der Waals surface area contributed by atoms with Gasteiger partial charge in [0.25, 0.3) is 0 Å². The highest BCUT2D eigenvalue weighted by Crippen LogP contribution is 2.25. The number of rotatable bonds is 11. The summed E-state index contributed by atoms with van der Waals surface area (Å²) in [6.45, 7) is 3.89. The van der Waals surface area contributed by atoms with Crippen LogP contribution in [0, 0.1) is 0 Å². The second-order valence-electron chi connectivity index (χ2n) is 7.65. The van der Waals surface area contributed by atoms with E-state index in [0.29, 0.717) is 12.5 Å². The minimum atomic E-state index is -0.136. The van der Waals surface area contributed by atoms with Crippen LogP contribution in [0.4, 0.5) is 0 Å². The minimum Gasteiger partial charge on any atom is -0.497 e. The third-order valence-electron chi connectivity index (χ3n) is 5.60. The first-order valence-corrected chi connectivity index (χ1v) is 11.1. The lowest BCUT2D eigenvalue weighted by Gasteiger charge is -2.35. The van der Waals surface area contributed by atoms with Crippen LogP contribution < -0.4 is 15.4 Å². The first-order valence-electron chi connectivity index (χ1n) is 11.1. The zero-order valence-electron chi connectivity index (χ0n) is 19.2. The van der Waals surface area contributed by atoms with Gasteiger partial charge in [0.05, 0.1) is 20.3 Å². The van der Waals surface area contributed by atoms with Gasteiger partial charge in [0.15, 0.2) is 5.96 Å². The van der Waals surface area contributed by atoms with Gasteiger partial charge in [-0.25, -0.2) is 0 Å². The van der Waals surface area contributed by atoms with Crippen molar-refractivity contribution >= 4 is 35.9 Å². The first-order chi connectivity index (χ1) is 14.7. The number of hydrogen-bond donors (Lipinski definition) is 2. The van der Waals surface area contributed by atoms with Crippen molar-refractivity contribution in [3.05, 3.63) is 29.8 Å². The van der Waals surface area contributed by atoms with E-state index in [1.54, 1.807) is 14.2 Å². The molecule has 0 aliphatic carbocycles. The van der Waals surface area contributed by atoms with Crippen LogP contribution in [0.15, 0.2) is 29.3 Å². The molecule has 1 aliphatic heterocycles. The van der Waals surface area contributed by atoms with E-state index in [0.717, 1.165) is 57.2 Å². The van der Waals surface area contributed by atoms with Crippen LogP contribution in [0.2, 0.25) is 0 Å². The van der Waals surface area contributed by atoms with Gasteiger partial charge in [0, 0.05) is 26.6 Å². The molecule has 0 saturated carbocycles. The first kappa shape index (κ1) is 27.5. The Morgan fingerprint density at radius 3 is 2.39 bits per heavy atom. The maximum Gasteiger partial charge on any atom is 0.305 e. The van der Waals surface area contributed by atoms with Gasteiger partial charge >= 0.3 is 5.97 Å². The number of ether oxygens (including phenoxy) is 2. The summed E-state index contributed by atoms with van der Waals surface area (Å²) in [6, 6.07) is 8.70. The SMILES string of the molecule is CN=C(NCCCCCC(=O)OC)NCC(c1ccc(OC)cc1)N1CCCCC1.I. The summed E-state index contributed by atoms with van der Waals surface area (Å²) in [5.74, 6) is 1.56. The lowest BCUT2D eigenvalue weighted by atomic mass is 10.0. The topological polar surface area (TPSA) is 75.2 Å². The number of piperidine rings is 1. The van der Waals surface area contributed by atoms with Crippen LogP contribution in [-0.2, 0) is 9.53 Å². The molecule has 0 radical (unpaired) electrons. The van der Waals surface area contributed by atoms with E-state index in [1.807, 2.05) is 12.1 Å². The summed E-state index contributed by atoms with van der Waals surface area (Å²) in [4.78, 5) is 18.1. The van der Waals surface area contributed by atoms with E-state index >= 15 is 0 Å². The van der Waals surface area contributed by atoms with Crippen LogP contribution in [-0.4, -0.2) is 64.3 Å². The molecule has 1 saturated heterocycles. The van der Waals surface area contributed by atoms with E-state index in [4.69, 9.17) is 4.74 Å². The van der Waals surface area contributed by atoms with Crippen molar-refractivity contribution < 1.29 is 14.3 Å². The number of hydrogen-bond acceptors (Lipinski definition) is 5. The summed E-state index contributed by atoms with van der Waals surface area (Å²) in [5.41, 5.74) is 1.29. The number of nitrogens with zero attached hydrogens (tertiary/aromatic N) is 2. The number of likely N-dealkylation sites (tertiary alicyclic amines) is 1. The van der Waals surface area contributed by atoms with Gasteiger partial charge in [-0.1, -0.05) is 25.0 Å². The average Bonchev–Trinajstić information content (AvgIpc) is 2.80. The quantitative estimate of drug-likeness (QED) is 0.145. The predicted octanol–water partition coefficient (Wildman–Crippen LogP) is 3.74. The van der Waals surface area contributed by atoms with Crippen LogP contribution in [0.5, 0.6) is 5.75 Å². The van der Waals surface area contributed by atoms with Crippen LogP contribution >= 0.6 is 24.0 Å². The summed E-state index contributed by atoms with van der Waals surface area (Å²) in [6.07, 6.45) is 7.15. The van der Waals surface area contributed by atoms with Crippen LogP contribution in [0.1, 0.15) is 56.6 Å². The molecule has 1 atom stereocenters. The molecule has 1 aliphatic rings. The molecule has 0 bridgehead atoms. The lowest BCUT2D eigenvalue weighted by Crippen LogP contribution is -2.44. The van der Waals surface area contributed by atoms with Crippen LogP contribution in [0.25, 0.3) is 0 Å². The highest BCUT2D eigenvalue weighted by atomic mass is 127. The fourth-order valence-electron chi connectivity index (χ4n) is 3.81. The maximum atomic E-state index is 11.2. The van der Waals surface area contributed by atoms with Crippen molar-refractivity contribution in [2.75, 3.05) is 47.4 Å². The highest BCUT2D eigenvalue weighted by molar-refractivity contribution is 14.0. The number of esters is 1. The molecular weight excluding hydrogens is 507 g/mol. The van der Waals surface area contributed by atoms with Gasteiger partial charge in [-0.05, 0) is 56.5 Å². The van der Waals surface area contributed by atoms with Gasteiger partial charge in [-0.3, -0.25) is 14.7 Å². The molecule has 7 nitrogen and oxygen atoms in total. The van der Waals surface area contributed by atoms with E-state index in [1.165, 1.54) is 31.9 Å². The van der Waals surface area contributed by atoms with Gasteiger partial charge in [-0.2, -0.15) is 0 Å². The number of carbonyl (C=O) groups is 1. The zero-order valence-corrected chi connectivity index (χ0v) is 21.5. The Kier molecular flexibility index (Phi) is 14.3. The Hall–Kier alpha value is -1.55. The summed E-state index contributed by atoms with van der Waals surface area (Å²) in [7, 11) is 4.93. The standard InChI is InChI=1S/C23H38N4O3.HI/c1-24-23(25-15-7-4-6-10-22(28)30-3)26-18-21(27-16-8-5-9-17-27)19-11-13-20(29-2)14-12-19;/h11-14,21H,4-10,15-18H2,1-3H3,(H2,24,25,26);1H. The molecular formula is C23H39IN4O3. The maximum absolute atomic E-state index is 11.2. The Morgan fingerprint density at radius 2 is 1.77 bits per heavy atom. The lowest BCUT2D eigenvalue weighted by molar-refractivity contribution is -0.140. The molecule has 1 aromatic rings. The highest BCUT2D eigenvalue weighted by Gasteiger charge is 2.22. The van der Waals surface area contributed by atoms with Crippen molar-refractivity contribution in [2.45, 2.75) is 51.0 Å². The molecule has 2 rings (SSSR count). The number of carbonyl (C=O) groups excluding carboxylic acids is 1. The van der Waals surface area contributed by atoms with Gasteiger partial charge in [0.2, 0.25) is 0 Å². The summed E-state index contributed by atoms with van der Waals surface area (Å²) >= 11 is 0. The number of halogens is 1. The number of aliphatic imine (C=N–C) groups is 1. The summed E-state index contributed by atoms with van der Waals surface area (Å²) < 4.78 is 9.99. The Morgan fingerprint density at radius 1 is 1.06 bits per heavy atom. The van der Waals surface area contributed by atoms with Crippen LogP contribution in [0.3, 0.4) is 0 Å². The monoisotopic (exact) mass is 546 g/mol. The predicted molar refractivity (Wildman–Crippen MR) is 136 cm³/mol. The molecule has 31 heavy (non-hydrogen) atoms. The van der Waals surface area contributed by atoms with E-state index in [9.17, 15) is 4.79 Å². The smallest absolute Gasteiger partial charge is 0.305 e. The van der Waals surface area contributed by atoms with Gasteiger partial charge in [-0.15, -0.1) is 24.0 Å². The summed E-state index contributed by atoms with van der Waals surface area (Å²) in [5, 5.41) is 6.89. The minimum absolute atomic E-state index is 0.